The SMILES string of the molecule is CCOc1ccc(NC(=O)COC(=O)/C=C/c2ccc(F)cc2)cc1OCC. The second kappa shape index (κ2) is 10.7. The molecule has 1 N–H and O–H groups in total. The number of halogens is 1. The summed E-state index contributed by atoms with van der Waals surface area (Å²) >= 11 is 0. The largest absolute Gasteiger partial charge is 0.490 e. The van der Waals surface area contributed by atoms with Crippen LogP contribution in [0.1, 0.15) is 19.4 Å². The van der Waals surface area contributed by atoms with E-state index in [1.54, 1.807) is 18.2 Å². The Balaban J connectivity index is 1.86. The van der Waals surface area contributed by atoms with E-state index in [2.05, 4.69) is 5.32 Å². The summed E-state index contributed by atoms with van der Waals surface area (Å²) in [5.41, 5.74) is 1.13. The van der Waals surface area contributed by atoms with Gasteiger partial charge in [-0.15, -0.1) is 0 Å². The van der Waals surface area contributed by atoms with Gasteiger partial charge >= 0.3 is 5.97 Å². The summed E-state index contributed by atoms with van der Waals surface area (Å²) in [6, 6.07) is 10.6. The van der Waals surface area contributed by atoms with Crippen LogP contribution in [-0.4, -0.2) is 31.7 Å². The zero-order valence-electron chi connectivity index (χ0n) is 15.7. The number of carbonyl (C=O) groups excluding carboxylic acids is 2. The van der Waals surface area contributed by atoms with Crippen LogP contribution < -0.4 is 14.8 Å². The van der Waals surface area contributed by atoms with Gasteiger partial charge in [0.25, 0.3) is 5.91 Å². The Morgan fingerprint density at radius 2 is 1.68 bits per heavy atom. The van der Waals surface area contributed by atoms with E-state index in [0.717, 1.165) is 0 Å². The number of amides is 1. The van der Waals surface area contributed by atoms with Gasteiger partial charge in [0.2, 0.25) is 0 Å². The second-order valence-corrected chi connectivity index (χ2v) is 5.57. The summed E-state index contributed by atoms with van der Waals surface area (Å²) in [6.07, 6.45) is 2.64. The number of hydrogen-bond acceptors (Lipinski definition) is 5. The summed E-state index contributed by atoms with van der Waals surface area (Å²) in [7, 11) is 0. The topological polar surface area (TPSA) is 73.9 Å². The van der Waals surface area contributed by atoms with Gasteiger partial charge in [0, 0.05) is 17.8 Å². The van der Waals surface area contributed by atoms with Crippen LogP contribution in [0.2, 0.25) is 0 Å². The van der Waals surface area contributed by atoms with Crippen molar-refractivity contribution in [3.05, 3.63) is 59.9 Å². The molecule has 0 aliphatic carbocycles. The van der Waals surface area contributed by atoms with Gasteiger partial charge in [-0.25, -0.2) is 9.18 Å². The van der Waals surface area contributed by atoms with Crippen molar-refractivity contribution in [3.63, 3.8) is 0 Å². The van der Waals surface area contributed by atoms with Gasteiger partial charge in [-0.3, -0.25) is 4.79 Å². The van der Waals surface area contributed by atoms with Crippen LogP contribution in [-0.2, 0) is 14.3 Å². The van der Waals surface area contributed by atoms with Crippen molar-refractivity contribution in [1.29, 1.82) is 0 Å². The molecule has 2 rings (SSSR count). The highest BCUT2D eigenvalue weighted by Crippen LogP contribution is 2.30. The predicted molar refractivity (Wildman–Crippen MR) is 104 cm³/mol. The molecular weight excluding hydrogens is 365 g/mol. The van der Waals surface area contributed by atoms with Gasteiger partial charge in [0.15, 0.2) is 18.1 Å². The van der Waals surface area contributed by atoms with Gasteiger partial charge < -0.3 is 19.5 Å². The van der Waals surface area contributed by atoms with Crippen LogP contribution in [0.3, 0.4) is 0 Å². The number of hydrogen-bond donors (Lipinski definition) is 1. The third-order valence-corrected chi connectivity index (χ3v) is 3.45. The molecule has 1 amide bonds. The molecule has 0 fully saturated rings. The maximum absolute atomic E-state index is 12.8. The van der Waals surface area contributed by atoms with Crippen molar-refractivity contribution in [1.82, 2.24) is 0 Å². The van der Waals surface area contributed by atoms with Crippen molar-refractivity contribution >= 4 is 23.6 Å². The van der Waals surface area contributed by atoms with Gasteiger partial charge in [-0.2, -0.15) is 0 Å². The lowest BCUT2D eigenvalue weighted by Gasteiger charge is -2.13. The fraction of sp³-hybridized carbons (Fsp3) is 0.238. The maximum atomic E-state index is 12.8. The Bertz CT molecular complexity index is 833. The molecule has 7 heteroatoms. The molecule has 0 saturated heterocycles. The quantitative estimate of drug-likeness (QED) is 0.523. The van der Waals surface area contributed by atoms with Crippen molar-refractivity contribution in [3.8, 4) is 11.5 Å². The van der Waals surface area contributed by atoms with Gasteiger partial charge in [0.05, 0.1) is 13.2 Å². The van der Waals surface area contributed by atoms with E-state index in [1.807, 2.05) is 13.8 Å². The predicted octanol–water partition coefficient (Wildman–Crippen LogP) is 3.82. The standard InChI is InChI=1S/C21H22FNO5/c1-3-26-18-11-10-17(13-19(18)27-4-2)23-20(24)14-28-21(25)12-7-15-5-8-16(22)9-6-15/h5-13H,3-4,14H2,1-2H3,(H,23,24)/b12-7+. The summed E-state index contributed by atoms with van der Waals surface area (Å²) in [6.45, 7) is 4.22. The zero-order chi connectivity index (χ0) is 20.4. The molecule has 0 spiro atoms. The molecule has 0 heterocycles. The first-order chi connectivity index (χ1) is 13.5. The number of nitrogens with one attached hydrogen (secondary N) is 1. The number of ether oxygens (including phenoxy) is 3. The van der Waals surface area contributed by atoms with Crippen LogP contribution in [0, 0.1) is 5.82 Å². The summed E-state index contributed by atoms with van der Waals surface area (Å²) in [5, 5.41) is 2.63. The summed E-state index contributed by atoms with van der Waals surface area (Å²) < 4.78 is 28.7. The molecule has 6 nitrogen and oxygen atoms in total. The molecule has 0 aliphatic heterocycles. The molecule has 0 aliphatic rings. The molecule has 2 aromatic rings. The smallest absolute Gasteiger partial charge is 0.331 e. The van der Waals surface area contributed by atoms with Crippen LogP contribution in [0.4, 0.5) is 10.1 Å². The van der Waals surface area contributed by atoms with E-state index in [-0.39, 0.29) is 5.82 Å². The molecular formula is C21H22FNO5. The molecule has 0 saturated carbocycles. The lowest BCUT2D eigenvalue weighted by molar-refractivity contribution is -0.142. The monoisotopic (exact) mass is 387 g/mol. The van der Waals surface area contributed by atoms with Crippen LogP contribution >= 0.6 is 0 Å². The number of rotatable bonds is 9. The van der Waals surface area contributed by atoms with Crippen molar-refractivity contribution in [2.45, 2.75) is 13.8 Å². The van der Waals surface area contributed by atoms with Crippen LogP contribution in [0.25, 0.3) is 6.08 Å². The van der Waals surface area contributed by atoms with E-state index in [1.165, 1.54) is 36.4 Å². The summed E-state index contributed by atoms with van der Waals surface area (Å²) in [5.74, 6) is -0.435. The lowest BCUT2D eigenvalue weighted by Crippen LogP contribution is -2.20. The highest BCUT2D eigenvalue weighted by Gasteiger charge is 2.10. The highest BCUT2D eigenvalue weighted by molar-refractivity contribution is 5.94. The first kappa shape index (κ1) is 21.0. The van der Waals surface area contributed by atoms with Gasteiger partial charge in [0.1, 0.15) is 5.82 Å². The highest BCUT2D eigenvalue weighted by atomic mass is 19.1. The van der Waals surface area contributed by atoms with Crippen molar-refractivity contribution < 1.29 is 28.2 Å². The van der Waals surface area contributed by atoms with Gasteiger partial charge in [-0.1, -0.05) is 12.1 Å². The molecule has 0 atom stereocenters. The Labute approximate surface area is 162 Å². The van der Waals surface area contributed by atoms with Crippen molar-refractivity contribution in [2.75, 3.05) is 25.1 Å². The number of benzene rings is 2. The molecule has 0 aromatic heterocycles. The molecule has 28 heavy (non-hydrogen) atoms. The lowest BCUT2D eigenvalue weighted by atomic mass is 10.2. The fourth-order valence-electron chi connectivity index (χ4n) is 2.25. The summed E-state index contributed by atoms with van der Waals surface area (Å²) in [4.78, 5) is 23.7. The number of esters is 1. The third-order valence-electron chi connectivity index (χ3n) is 3.45. The van der Waals surface area contributed by atoms with E-state index >= 15 is 0 Å². The Morgan fingerprint density at radius 1 is 1.00 bits per heavy atom. The molecule has 0 bridgehead atoms. The minimum atomic E-state index is -0.679. The van der Waals surface area contributed by atoms with Crippen LogP contribution in [0.15, 0.2) is 48.5 Å². The number of carbonyl (C=O) groups is 2. The Kier molecular flexibility index (Phi) is 8.02. The van der Waals surface area contributed by atoms with Gasteiger partial charge in [-0.05, 0) is 49.8 Å². The first-order valence-electron chi connectivity index (χ1n) is 8.81. The minimum absolute atomic E-state index is 0.363. The average Bonchev–Trinajstić information content (AvgIpc) is 2.68. The Morgan fingerprint density at radius 3 is 2.36 bits per heavy atom. The zero-order valence-corrected chi connectivity index (χ0v) is 15.7. The number of anilines is 1. The molecule has 0 radical (unpaired) electrons. The van der Waals surface area contributed by atoms with E-state index in [4.69, 9.17) is 14.2 Å². The maximum Gasteiger partial charge on any atom is 0.331 e. The third kappa shape index (κ3) is 6.75. The molecule has 0 unspecified atom stereocenters. The van der Waals surface area contributed by atoms with E-state index in [0.29, 0.717) is 36.0 Å². The molecule has 2 aromatic carbocycles. The second-order valence-electron chi connectivity index (χ2n) is 5.57. The van der Waals surface area contributed by atoms with E-state index in [9.17, 15) is 14.0 Å². The molecule has 148 valence electrons. The van der Waals surface area contributed by atoms with E-state index < -0.39 is 18.5 Å². The van der Waals surface area contributed by atoms with Crippen LogP contribution in [0.5, 0.6) is 11.5 Å². The average molecular weight is 387 g/mol. The minimum Gasteiger partial charge on any atom is -0.490 e. The normalized spacial score (nSPS) is 10.5. The van der Waals surface area contributed by atoms with Crippen molar-refractivity contribution in [2.24, 2.45) is 0 Å². The first-order valence-corrected chi connectivity index (χ1v) is 8.81. The fourth-order valence-corrected chi connectivity index (χ4v) is 2.25. The Hall–Kier alpha value is -3.35.